The first-order valence-corrected chi connectivity index (χ1v) is 5.37. The highest BCUT2D eigenvalue weighted by Gasteiger charge is 2.20. The van der Waals surface area contributed by atoms with Crippen molar-refractivity contribution in [2.24, 2.45) is 10.2 Å². The van der Waals surface area contributed by atoms with Gasteiger partial charge in [-0.3, -0.25) is 10.1 Å². The van der Waals surface area contributed by atoms with Crippen molar-refractivity contribution in [3.05, 3.63) is 52.1 Å². The number of aromatic nitrogens is 2. The molecule has 0 N–H and O–H groups in total. The third kappa shape index (κ3) is 1.65. The zero-order valence-electron chi connectivity index (χ0n) is 9.35. The Morgan fingerprint density at radius 3 is 2.56 bits per heavy atom. The smallest absolute Gasteiger partial charge is 0.293 e. The lowest BCUT2D eigenvalue weighted by Crippen LogP contribution is -2.04. The molecule has 0 saturated carbocycles. The van der Waals surface area contributed by atoms with Crippen molar-refractivity contribution in [3.63, 3.8) is 0 Å². The van der Waals surface area contributed by atoms with Gasteiger partial charge in [-0.1, -0.05) is 0 Å². The molecule has 1 aliphatic rings. The predicted octanol–water partition coefficient (Wildman–Crippen LogP) is 2.25. The van der Waals surface area contributed by atoms with Crippen molar-refractivity contribution >= 4 is 5.69 Å². The second-order valence-corrected chi connectivity index (χ2v) is 3.94. The summed E-state index contributed by atoms with van der Waals surface area (Å²) in [5, 5.41) is 19.0. The Balaban J connectivity index is 2.21. The third-order valence-electron chi connectivity index (χ3n) is 2.86. The van der Waals surface area contributed by atoms with Gasteiger partial charge in [0.2, 0.25) is 0 Å². The van der Waals surface area contributed by atoms with Crippen LogP contribution in [0.3, 0.4) is 0 Å². The molecule has 0 radical (unpaired) electrons. The molecule has 0 bridgehead atoms. The first-order valence-electron chi connectivity index (χ1n) is 5.37. The minimum Gasteiger partial charge on any atom is -0.300 e. The molecule has 0 fully saturated rings. The lowest BCUT2D eigenvalue weighted by Gasteiger charge is -2.12. The Morgan fingerprint density at radius 2 is 1.94 bits per heavy atom. The van der Waals surface area contributed by atoms with Crippen LogP contribution in [0.5, 0.6) is 0 Å². The molecule has 0 atom stereocenters. The number of nitrogens with zero attached hydrogens (tertiary/aromatic N) is 5. The minimum atomic E-state index is -0.388. The molecule has 2 aromatic rings. The molecule has 90 valence electrons. The number of azo groups is 1. The Bertz CT molecular complexity index is 633. The summed E-state index contributed by atoms with van der Waals surface area (Å²) in [4.78, 5) is 14.6. The average molecular weight is 243 g/mol. The van der Waals surface area contributed by atoms with E-state index in [0.29, 0.717) is 18.8 Å². The third-order valence-corrected chi connectivity index (χ3v) is 2.86. The number of nitro groups is 1. The topological polar surface area (TPSA) is 85.7 Å². The maximum Gasteiger partial charge on any atom is 0.293 e. The summed E-state index contributed by atoms with van der Waals surface area (Å²) >= 11 is 0. The fourth-order valence-corrected chi connectivity index (χ4v) is 1.96. The van der Waals surface area contributed by atoms with Gasteiger partial charge in [0.05, 0.1) is 24.3 Å². The highest BCUT2D eigenvalue weighted by atomic mass is 16.6. The summed E-state index contributed by atoms with van der Waals surface area (Å²) in [7, 11) is 0. The van der Waals surface area contributed by atoms with E-state index < -0.39 is 0 Å². The summed E-state index contributed by atoms with van der Waals surface area (Å²) in [5.41, 5.74) is 2.40. The first kappa shape index (κ1) is 10.6. The van der Waals surface area contributed by atoms with Gasteiger partial charge in [0.1, 0.15) is 5.69 Å². The lowest BCUT2D eigenvalue weighted by molar-refractivity contribution is -0.384. The van der Waals surface area contributed by atoms with E-state index in [9.17, 15) is 10.1 Å². The van der Waals surface area contributed by atoms with Crippen LogP contribution in [0.4, 0.5) is 5.69 Å². The van der Waals surface area contributed by atoms with Gasteiger partial charge in [-0.25, -0.2) is 4.98 Å². The van der Waals surface area contributed by atoms with E-state index in [1.165, 1.54) is 0 Å². The molecule has 1 aliphatic heterocycles. The van der Waals surface area contributed by atoms with Gasteiger partial charge in [-0.05, 0) is 17.2 Å². The van der Waals surface area contributed by atoms with E-state index >= 15 is 0 Å². The summed E-state index contributed by atoms with van der Waals surface area (Å²) in [6, 6.07) is 3.36. The van der Waals surface area contributed by atoms with Crippen molar-refractivity contribution in [2.75, 3.05) is 0 Å². The van der Waals surface area contributed by atoms with Crippen LogP contribution in [-0.4, -0.2) is 14.5 Å². The number of rotatable bonds is 2. The molecule has 0 spiro atoms. The van der Waals surface area contributed by atoms with Crippen LogP contribution in [0.25, 0.3) is 5.69 Å². The number of benzene rings is 1. The van der Waals surface area contributed by atoms with Crippen LogP contribution in [0.1, 0.15) is 11.1 Å². The van der Waals surface area contributed by atoms with Crippen LogP contribution in [0.15, 0.2) is 41.1 Å². The molecule has 18 heavy (non-hydrogen) atoms. The van der Waals surface area contributed by atoms with E-state index in [-0.39, 0.29) is 10.6 Å². The Kier molecular flexibility index (Phi) is 2.36. The fourth-order valence-electron chi connectivity index (χ4n) is 1.96. The standard InChI is InChI=1S/C11H9N5O2/c17-16(18)11-4-9-6-14-13-5-8(9)3-10(11)15-2-1-12-7-15/h1-4,7H,5-6H2. The van der Waals surface area contributed by atoms with Gasteiger partial charge in [0, 0.05) is 18.5 Å². The zero-order chi connectivity index (χ0) is 12.5. The van der Waals surface area contributed by atoms with Crippen LogP contribution in [0, 0.1) is 10.1 Å². The molecule has 0 unspecified atom stereocenters. The van der Waals surface area contributed by atoms with E-state index in [4.69, 9.17) is 0 Å². The minimum absolute atomic E-state index is 0.0591. The number of hydrogen-bond acceptors (Lipinski definition) is 5. The van der Waals surface area contributed by atoms with Gasteiger partial charge in [0.15, 0.2) is 0 Å². The molecule has 3 rings (SSSR count). The summed E-state index contributed by atoms with van der Waals surface area (Å²) in [5.74, 6) is 0. The van der Waals surface area contributed by atoms with E-state index in [1.807, 2.05) is 0 Å². The SMILES string of the molecule is O=[N+]([O-])c1cc2c(cc1-n1ccnc1)CN=NC2. The first-order chi connectivity index (χ1) is 8.75. The molecule has 0 aliphatic carbocycles. The highest BCUT2D eigenvalue weighted by molar-refractivity contribution is 5.57. The lowest BCUT2D eigenvalue weighted by atomic mass is 10.0. The summed E-state index contributed by atoms with van der Waals surface area (Å²) < 4.78 is 1.63. The van der Waals surface area contributed by atoms with Gasteiger partial charge < -0.3 is 4.57 Å². The Labute approximate surface area is 102 Å². The Hall–Kier alpha value is -2.57. The molecule has 7 nitrogen and oxygen atoms in total. The van der Waals surface area contributed by atoms with Crippen molar-refractivity contribution < 1.29 is 4.92 Å². The molecule has 0 saturated heterocycles. The molecule has 2 heterocycles. The van der Waals surface area contributed by atoms with E-state index in [2.05, 4.69) is 15.2 Å². The molecular formula is C11H9N5O2. The van der Waals surface area contributed by atoms with Crippen LogP contribution in [0.2, 0.25) is 0 Å². The largest absolute Gasteiger partial charge is 0.300 e. The number of hydrogen-bond donors (Lipinski definition) is 0. The van der Waals surface area contributed by atoms with Crippen molar-refractivity contribution in [1.82, 2.24) is 9.55 Å². The highest BCUT2D eigenvalue weighted by Crippen LogP contribution is 2.29. The van der Waals surface area contributed by atoms with E-state index in [1.54, 1.807) is 35.4 Å². The Morgan fingerprint density at radius 1 is 1.22 bits per heavy atom. The normalized spacial score (nSPS) is 13.3. The van der Waals surface area contributed by atoms with E-state index in [0.717, 1.165) is 11.1 Å². The van der Waals surface area contributed by atoms with Crippen LogP contribution < -0.4 is 0 Å². The maximum absolute atomic E-state index is 11.1. The zero-order valence-corrected chi connectivity index (χ0v) is 9.35. The maximum atomic E-state index is 11.1. The molecular weight excluding hydrogens is 234 g/mol. The summed E-state index contributed by atoms with van der Waals surface area (Å²) in [6.45, 7) is 0.870. The number of fused-ring (bicyclic) bond motifs is 1. The predicted molar refractivity (Wildman–Crippen MR) is 62.5 cm³/mol. The second kappa shape index (κ2) is 4.02. The second-order valence-electron chi connectivity index (χ2n) is 3.94. The monoisotopic (exact) mass is 243 g/mol. The molecule has 1 aromatic heterocycles. The summed E-state index contributed by atoms with van der Waals surface area (Å²) in [6.07, 6.45) is 4.81. The van der Waals surface area contributed by atoms with Crippen molar-refractivity contribution in [2.45, 2.75) is 13.1 Å². The van der Waals surface area contributed by atoms with Crippen LogP contribution >= 0.6 is 0 Å². The van der Waals surface area contributed by atoms with Gasteiger partial charge in [-0.15, -0.1) is 0 Å². The molecule has 0 amide bonds. The number of imidazole rings is 1. The average Bonchev–Trinajstić information content (AvgIpc) is 2.91. The van der Waals surface area contributed by atoms with Gasteiger partial charge in [0.25, 0.3) is 5.69 Å². The van der Waals surface area contributed by atoms with Gasteiger partial charge >= 0.3 is 0 Å². The van der Waals surface area contributed by atoms with Gasteiger partial charge in [-0.2, -0.15) is 10.2 Å². The quantitative estimate of drug-likeness (QED) is 0.598. The van der Waals surface area contributed by atoms with Crippen molar-refractivity contribution in [1.29, 1.82) is 0 Å². The fraction of sp³-hybridized carbons (Fsp3) is 0.182. The van der Waals surface area contributed by atoms with Crippen molar-refractivity contribution in [3.8, 4) is 5.69 Å². The van der Waals surface area contributed by atoms with Crippen LogP contribution in [-0.2, 0) is 13.1 Å². The molecule has 1 aromatic carbocycles. The molecule has 7 heteroatoms. The number of nitro benzene ring substituents is 1.